The molecule has 0 aliphatic carbocycles. The van der Waals surface area contributed by atoms with Gasteiger partial charge in [0.05, 0.1) is 11.5 Å². The van der Waals surface area contributed by atoms with Gasteiger partial charge in [0, 0.05) is 19.7 Å². The zero-order chi connectivity index (χ0) is 15.9. The Labute approximate surface area is 128 Å². The van der Waals surface area contributed by atoms with E-state index in [0.29, 0.717) is 24.5 Å². The first-order valence-electron chi connectivity index (χ1n) is 7.26. The Morgan fingerprint density at radius 2 is 1.95 bits per heavy atom. The summed E-state index contributed by atoms with van der Waals surface area (Å²) >= 11 is 0. The number of nitrogens with one attached hydrogen (secondary N) is 2. The third-order valence-electron chi connectivity index (χ3n) is 3.42. The third-order valence-corrected chi connectivity index (χ3v) is 4.94. The zero-order valence-corrected chi connectivity index (χ0v) is 14.1. The van der Waals surface area contributed by atoms with Crippen molar-refractivity contribution in [2.45, 2.75) is 44.2 Å². The van der Waals surface area contributed by atoms with Gasteiger partial charge in [0.25, 0.3) is 0 Å². The quantitative estimate of drug-likeness (QED) is 0.727. The van der Waals surface area contributed by atoms with E-state index in [1.54, 1.807) is 19.2 Å². The van der Waals surface area contributed by atoms with Gasteiger partial charge in [-0.15, -0.1) is 0 Å². The van der Waals surface area contributed by atoms with Crippen LogP contribution < -0.4 is 10.0 Å². The molecule has 1 atom stereocenters. The molecule has 0 bridgehead atoms. The van der Waals surface area contributed by atoms with Crippen LogP contribution in [0.5, 0.6) is 0 Å². The van der Waals surface area contributed by atoms with E-state index in [4.69, 9.17) is 4.74 Å². The van der Waals surface area contributed by atoms with Crippen molar-refractivity contribution in [1.82, 2.24) is 10.0 Å². The highest BCUT2D eigenvalue weighted by Crippen LogP contribution is 2.17. The number of hydrogen-bond donors (Lipinski definition) is 2. The lowest BCUT2D eigenvalue weighted by Gasteiger charge is -2.17. The molecule has 0 radical (unpaired) electrons. The Kier molecular flexibility index (Phi) is 7.31. The van der Waals surface area contributed by atoms with Gasteiger partial charge >= 0.3 is 0 Å². The van der Waals surface area contributed by atoms with E-state index < -0.39 is 10.0 Å². The topological polar surface area (TPSA) is 67.4 Å². The minimum Gasteiger partial charge on any atom is -0.383 e. The molecule has 0 aromatic heterocycles. The van der Waals surface area contributed by atoms with Gasteiger partial charge in [-0.3, -0.25) is 0 Å². The summed E-state index contributed by atoms with van der Waals surface area (Å²) in [7, 11) is -0.0981. The van der Waals surface area contributed by atoms with E-state index in [1.165, 1.54) is 0 Å². The summed E-state index contributed by atoms with van der Waals surface area (Å²) in [5, 5.41) is 3.07. The van der Waals surface area contributed by atoms with Crippen LogP contribution in [-0.2, 0) is 27.7 Å². The van der Waals surface area contributed by atoms with Crippen LogP contribution in [0.25, 0.3) is 0 Å². The molecule has 6 heteroatoms. The third kappa shape index (κ3) is 5.07. The van der Waals surface area contributed by atoms with Crippen LogP contribution in [0.4, 0.5) is 0 Å². The molecule has 120 valence electrons. The molecule has 0 aliphatic heterocycles. The van der Waals surface area contributed by atoms with Crippen molar-refractivity contribution in [3.05, 3.63) is 29.3 Å². The van der Waals surface area contributed by atoms with Crippen LogP contribution in [0.2, 0.25) is 0 Å². The van der Waals surface area contributed by atoms with Crippen molar-refractivity contribution in [2.75, 3.05) is 20.8 Å². The molecule has 0 amide bonds. The summed E-state index contributed by atoms with van der Waals surface area (Å²) < 4.78 is 32.6. The Bertz CT molecular complexity index is 544. The summed E-state index contributed by atoms with van der Waals surface area (Å²) in [6.45, 7) is 5.01. The molecule has 5 nitrogen and oxygen atoms in total. The van der Waals surface area contributed by atoms with Crippen molar-refractivity contribution < 1.29 is 13.2 Å². The molecule has 0 heterocycles. The van der Waals surface area contributed by atoms with Gasteiger partial charge in [-0.05, 0) is 43.1 Å². The Hall–Kier alpha value is -0.950. The van der Waals surface area contributed by atoms with Crippen molar-refractivity contribution in [3.63, 3.8) is 0 Å². The number of ether oxygens (including phenoxy) is 1. The summed E-state index contributed by atoms with van der Waals surface area (Å²) in [6, 6.07) is 5.09. The summed E-state index contributed by atoms with van der Waals surface area (Å²) in [6.07, 6.45) is 1.56. The average Bonchev–Trinajstić information content (AvgIpc) is 2.46. The number of sulfonamides is 1. The van der Waals surface area contributed by atoms with Gasteiger partial charge in [-0.25, -0.2) is 13.1 Å². The van der Waals surface area contributed by atoms with Crippen LogP contribution in [-0.4, -0.2) is 35.2 Å². The smallest absolute Gasteiger partial charge is 0.240 e. The molecule has 0 fully saturated rings. The molecular formula is C15H26N2O3S. The van der Waals surface area contributed by atoms with Gasteiger partial charge in [0.2, 0.25) is 10.0 Å². The number of rotatable bonds is 9. The molecular weight excluding hydrogens is 288 g/mol. The standard InChI is InChI=1S/C15H26N2O3S/c1-5-12-7-8-15(9-13(12)10-16-3)21(18,19)17-14(6-2)11-20-4/h7-9,14,16-17H,5-6,10-11H2,1-4H3. The summed E-state index contributed by atoms with van der Waals surface area (Å²) in [5.41, 5.74) is 2.18. The second-order valence-corrected chi connectivity index (χ2v) is 6.71. The molecule has 1 rings (SSSR count). The molecule has 1 aromatic rings. The van der Waals surface area contributed by atoms with Crippen LogP contribution in [0.3, 0.4) is 0 Å². The maximum Gasteiger partial charge on any atom is 0.240 e. The van der Waals surface area contributed by atoms with Crippen molar-refractivity contribution in [3.8, 4) is 0 Å². The highest BCUT2D eigenvalue weighted by atomic mass is 32.2. The normalized spacial score (nSPS) is 13.3. The fraction of sp³-hybridized carbons (Fsp3) is 0.600. The van der Waals surface area contributed by atoms with E-state index in [-0.39, 0.29) is 6.04 Å². The van der Waals surface area contributed by atoms with E-state index in [2.05, 4.69) is 17.0 Å². The first-order chi connectivity index (χ1) is 9.98. The Morgan fingerprint density at radius 1 is 1.24 bits per heavy atom. The second kappa shape index (κ2) is 8.48. The van der Waals surface area contributed by atoms with Crippen molar-refractivity contribution in [1.29, 1.82) is 0 Å². The van der Waals surface area contributed by atoms with E-state index in [0.717, 1.165) is 17.5 Å². The molecule has 0 saturated carbocycles. The lowest BCUT2D eigenvalue weighted by molar-refractivity contribution is 0.173. The van der Waals surface area contributed by atoms with Gasteiger partial charge in [0.15, 0.2) is 0 Å². The summed E-state index contributed by atoms with van der Waals surface area (Å²) in [4.78, 5) is 0.305. The highest BCUT2D eigenvalue weighted by Gasteiger charge is 2.20. The van der Waals surface area contributed by atoms with E-state index in [1.807, 2.05) is 20.0 Å². The molecule has 1 unspecified atom stereocenters. The van der Waals surface area contributed by atoms with E-state index >= 15 is 0 Å². The van der Waals surface area contributed by atoms with Gasteiger partial charge in [0.1, 0.15) is 0 Å². The Morgan fingerprint density at radius 3 is 2.48 bits per heavy atom. The second-order valence-electron chi connectivity index (χ2n) is 5.00. The Balaban J connectivity index is 3.04. The first kappa shape index (κ1) is 18.1. The molecule has 0 aliphatic rings. The first-order valence-corrected chi connectivity index (χ1v) is 8.74. The molecule has 21 heavy (non-hydrogen) atoms. The predicted octanol–water partition coefficient (Wildman–Crippen LogP) is 1.67. The predicted molar refractivity (Wildman–Crippen MR) is 84.9 cm³/mol. The fourth-order valence-corrected chi connectivity index (χ4v) is 3.55. The van der Waals surface area contributed by atoms with Crippen molar-refractivity contribution in [2.24, 2.45) is 0 Å². The largest absolute Gasteiger partial charge is 0.383 e. The van der Waals surface area contributed by atoms with Crippen LogP contribution in [0.15, 0.2) is 23.1 Å². The maximum absolute atomic E-state index is 12.4. The monoisotopic (exact) mass is 314 g/mol. The number of benzene rings is 1. The molecule has 1 aromatic carbocycles. The molecule has 0 saturated heterocycles. The number of methoxy groups -OCH3 is 1. The van der Waals surface area contributed by atoms with Crippen molar-refractivity contribution >= 4 is 10.0 Å². The maximum atomic E-state index is 12.4. The lowest BCUT2D eigenvalue weighted by Crippen LogP contribution is -2.37. The molecule has 0 spiro atoms. The number of aryl methyl sites for hydroxylation is 1. The number of hydrogen-bond acceptors (Lipinski definition) is 4. The zero-order valence-electron chi connectivity index (χ0n) is 13.3. The van der Waals surface area contributed by atoms with E-state index in [9.17, 15) is 8.42 Å². The van der Waals surface area contributed by atoms with Crippen LogP contribution in [0, 0.1) is 0 Å². The van der Waals surface area contributed by atoms with Gasteiger partial charge in [-0.2, -0.15) is 0 Å². The average molecular weight is 314 g/mol. The lowest BCUT2D eigenvalue weighted by atomic mass is 10.1. The van der Waals surface area contributed by atoms with Gasteiger partial charge in [-0.1, -0.05) is 19.9 Å². The minimum absolute atomic E-state index is 0.210. The van der Waals surface area contributed by atoms with Crippen LogP contribution in [0.1, 0.15) is 31.4 Å². The highest BCUT2D eigenvalue weighted by molar-refractivity contribution is 7.89. The summed E-state index contributed by atoms with van der Waals surface area (Å²) in [5.74, 6) is 0. The fourth-order valence-electron chi connectivity index (χ4n) is 2.19. The SMILES string of the molecule is CCc1ccc(S(=O)(=O)NC(CC)COC)cc1CNC. The molecule has 2 N–H and O–H groups in total. The van der Waals surface area contributed by atoms with Gasteiger partial charge < -0.3 is 10.1 Å². The van der Waals surface area contributed by atoms with Crippen LogP contribution >= 0.6 is 0 Å². The minimum atomic E-state index is -3.52.